The number of methoxy groups -OCH3 is 1. The van der Waals surface area contributed by atoms with Crippen LogP contribution < -0.4 is 0 Å². The van der Waals surface area contributed by atoms with Gasteiger partial charge in [0, 0.05) is 42.3 Å². The molecule has 0 saturated heterocycles. The van der Waals surface area contributed by atoms with Crippen molar-refractivity contribution in [3.63, 3.8) is 0 Å². The number of hydrogen-bond acceptors (Lipinski definition) is 5. The molecule has 0 fully saturated rings. The molecule has 2 rings (SSSR count). The van der Waals surface area contributed by atoms with Gasteiger partial charge in [0.05, 0.1) is 19.1 Å². The average molecular weight is 378 g/mol. The average Bonchev–Trinajstić information content (AvgIpc) is 2.58. The SMILES string of the molecule is COC(=O)CCN(Cc1ccncc1)C(=O)c1cncc(Br)c1. The summed E-state index contributed by atoms with van der Waals surface area (Å²) in [5, 5.41) is 0. The largest absolute Gasteiger partial charge is 0.469 e. The van der Waals surface area contributed by atoms with Crippen molar-refractivity contribution < 1.29 is 14.3 Å². The Morgan fingerprint density at radius 1 is 1.22 bits per heavy atom. The van der Waals surface area contributed by atoms with Crippen LogP contribution in [-0.4, -0.2) is 40.4 Å². The molecule has 1 amide bonds. The Morgan fingerprint density at radius 2 is 1.96 bits per heavy atom. The van der Waals surface area contributed by atoms with Crippen LogP contribution in [0.1, 0.15) is 22.3 Å². The fraction of sp³-hybridized carbons (Fsp3) is 0.250. The van der Waals surface area contributed by atoms with E-state index in [-0.39, 0.29) is 24.8 Å². The zero-order valence-corrected chi connectivity index (χ0v) is 14.2. The summed E-state index contributed by atoms with van der Waals surface area (Å²) < 4.78 is 5.37. The van der Waals surface area contributed by atoms with Crippen LogP contribution in [0.5, 0.6) is 0 Å². The Morgan fingerprint density at radius 3 is 2.61 bits per heavy atom. The molecule has 0 atom stereocenters. The third-order valence-corrected chi connectivity index (χ3v) is 3.61. The van der Waals surface area contributed by atoms with E-state index in [0.29, 0.717) is 12.1 Å². The summed E-state index contributed by atoms with van der Waals surface area (Å²) in [5.74, 6) is -0.551. The van der Waals surface area contributed by atoms with E-state index >= 15 is 0 Å². The van der Waals surface area contributed by atoms with Crippen molar-refractivity contribution >= 4 is 27.8 Å². The highest BCUT2D eigenvalue weighted by Gasteiger charge is 2.18. The highest BCUT2D eigenvalue weighted by molar-refractivity contribution is 9.10. The Kier molecular flexibility index (Phi) is 6.22. The highest BCUT2D eigenvalue weighted by atomic mass is 79.9. The molecule has 2 aromatic heterocycles. The molecular formula is C16H16BrN3O3. The molecule has 0 aliphatic heterocycles. The van der Waals surface area contributed by atoms with Crippen molar-refractivity contribution in [2.24, 2.45) is 0 Å². The molecule has 0 unspecified atom stereocenters. The molecule has 0 spiro atoms. The summed E-state index contributed by atoms with van der Waals surface area (Å²) in [7, 11) is 1.33. The molecule has 2 aromatic rings. The van der Waals surface area contributed by atoms with Crippen molar-refractivity contribution in [2.45, 2.75) is 13.0 Å². The van der Waals surface area contributed by atoms with E-state index < -0.39 is 0 Å². The van der Waals surface area contributed by atoms with E-state index in [4.69, 9.17) is 0 Å². The predicted molar refractivity (Wildman–Crippen MR) is 87.5 cm³/mol. The van der Waals surface area contributed by atoms with Crippen molar-refractivity contribution in [1.29, 1.82) is 0 Å². The maximum Gasteiger partial charge on any atom is 0.307 e. The Bertz CT molecular complexity index is 679. The number of nitrogens with zero attached hydrogens (tertiary/aromatic N) is 3. The third-order valence-electron chi connectivity index (χ3n) is 3.18. The van der Waals surface area contributed by atoms with Crippen molar-refractivity contribution in [3.05, 3.63) is 58.6 Å². The summed E-state index contributed by atoms with van der Waals surface area (Å²) in [5.41, 5.74) is 1.39. The first kappa shape index (κ1) is 17.1. The summed E-state index contributed by atoms with van der Waals surface area (Å²) in [6, 6.07) is 5.36. The Balaban J connectivity index is 2.17. The zero-order valence-electron chi connectivity index (χ0n) is 12.6. The minimum Gasteiger partial charge on any atom is -0.469 e. The molecule has 0 N–H and O–H groups in total. The highest BCUT2D eigenvalue weighted by Crippen LogP contribution is 2.14. The molecule has 0 radical (unpaired) electrons. The smallest absolute Gasteiger partial charge is 0.307 e. The fourth-order valence-corrected chi connectivity index (χ4v) is 2.37. The number of ether oxygens (including phenoxy) is 1. The van der Waals surface area contributed by atoms with Gasteiger partial charge in [0.25, 0.3) is 5.91 Å². The van der Waals surface area contributed by atoms with Crippen LogP contribution in [0.4, 0.5) is 0 Å². The van der Waals surface area contributed by atoms with Crippen LogP contribution >= 0.6 is 15.9 Å². The lowest BCUT2D eigenvalue weighted by molar-refractivity contribution is -0.140. The normalized spacial score (nSPS) is 10.2. The first-order chi connectivity index (χ1) is 11.1. The van der Waals surface area contributed by atoms with Gasteiger partial charge in [-0.3, -0.25) is 19.6 Å². The first-order valence-electron chi connectivity index (χ1n) is 6.95. The second-order valence-corrected chi connectivity index (χ2v) is 5.72. The number of carbonyl (C=O) groups is 2. The molecule has 0 saturated carbocycles. The van der Waals surface area contributed by atoms with Gasteiger partial charge in [0.1, 0.15) is 0 Å². The van der Waals surface area contributed by atoms with E-state index in [9.17, 15) is 9.59 Å². The Hall–Kier alpha value is -2.28. The van der Waals surface area contributed by atoms with Crippen LogP contribution in [-0.2, 0) is 16.1 Å². The summed E-state index contributed by atoms with van der Waals surface area (Å²) >= 11 is 3.30. The second kappa shape index (κ2) is 8.38. The third kappa shape index (κ3) is 5.14. The lowest BCUT2D eigenvalue weighted by Crippen LogP contribution is -2.33. The number of esters is 1. The molecule has 23 heavy (non-hydrogen) atoms. The fourth-order valence-electron chi connectivity index (χ4n) is 2.00. The molecule has 2 heterocycles. The van der Waals surface area contributed by atoms with Gasteiger partial charge in [-0.05, 0) is 39.7 Å². The van der Waals surface area contributed by atoms with Gasteiger partial charge >= 0.3 is 5.97 Å². The number of aromatic nitrogens is 2. The first-order valence-corrected chi connectivity index (χ1v) is 7.75. The molecule has 0 aliphatic carbocycles. The van der Waals surface area contributed by atoms with E-state index in [2.05, 4.69) is 30.6 Å². The standard InChI is InChI=1S/C16H16BrN3O3/c1-23-15(21)4-7-20(11-12-2-5-18-6-3-12)16(22)13-8-14(17)10-19-9-13/h2-3,5-6,8-10H,4,7,11H2,1H3. The van der Waals surface area contributed by atoms with Gasteiger partial charge in [0.15, 0.2) is 0 Å². The van der Waals surface area contributed by atoms with Gasteiger partial charge in [-0.25, -0.2) is 0 Å². The van der Waals surface area contributed by atoms with Crippen LogP contribution in [0, 0.1) is 0 Å². The van der Waals surface area contributed by atoms with E-state index in [1.165, 1.54) is 13.3 Å². The van der Waals surface area contributed by atoms with Gasteiger partial charge in [-0.1, -0.05) is 0 Å². The van der Waals surface area contributed by atoms with Gasteiger partial charge in [-0.2, -0.15) is 0 Å². The lowest BCUT2D eigenvalue weighted by atomic mass is 10.2. The van der Waals surface area contributed by atoms with Crippen LogP contribution in [0.3, 0.4) is 0 Å². The van der Waals surface area contributed by atoms with Crippen LogP contribution in [0.25, 0.3) is 0 Å². The van der Waals surface area contributed by atoms with Gasteiger partial charge in [-0.15, -0.1) is 0 Å². The van der Waals surface area contributed by atoms with E-state index in [1.807, 2.05) is 12.1 Å². The molecule has 7 heteroatoms. The summed E-state index contributed by atoms with van der Waals surface area (Å²) in [6.45, 7) is 0.644. The van der Waals surface area contributed by atoms with Gasteiger partial charge in [0.2, 0.25) is 0 Å². The maximum absolute atomic E-state index is 12.7. The van der Waals surface area contributed by atoms with Crippen molar-refractivity contribution in [3.8, 4) is 0 Å². The summed E-state index contributed by atoms with van der Waals surface area (Å²) in [4.78, 5) is 33.7. The number of pyridine rings is 2. The van der Waals surface area contributed by atoms with Crippen LogP contribution in [0.15, 0.2) is 47.5 Å². The number of rotatable bonds is 6. The second-order valence-electron chi connectivity index (χ2n) is 4.80. The van der Waals surface area contributed by atoms with Crippen molar-refractivity contribution in [2.75, 3.05) is 13.7 Å². The lowest BCUT2D eigenvalue weighted by Gasteiger charge is -2.22. The summed E-state index contributed by atoms with van der Waals surface area (Å²) in [6.07, 6.45) is 6.58. The molecule has 0 aromatic carbocycles. The number of carbonyl (C=O) groups excluding carboxylic acids is 2. The number of halogens is 1. The number of hydrogen-bond donors (Lipinski definition) is 0. The quantitative estimate of drug-likeness (QED) is 0.722. The van der Waals surface area contributed by atoms with E-state index in [1.54, 1.807) is 29.6 Å². The molecule has 0 aliphatic rings. The minimum absolute atomic E-state index is 0.134. The zero-order chi connectivity index (χ0) is 16.7. The number of amides is 1. The minimum atomic E-state index is -0.357. The maximum atomic E-state index is 12.7. The van der Waals surface area contributed by atoms with Gasteiger partial charge < -0.3 is 9.64 Å². The van der Waals surface area contributed by atoms with E-state index in [0.717, 1.165) is 10.0 Å². The predicted octanol–water partition coefficient (Wildman–Crippen LogP) is 2.44. The molecule has 6 nitrogen and oxygen atoms in total. The topological polar surface area (TPSA) is 72.4 Å². The molecule has 120 valence electrons. The van der Waals surface area contributed by atoms with Crippen LogP contribution in [0.2, 0.25) is 0 Å². The molecule has 0 bridgehead atoms. The molecular weight excluding hydrogens is 362 g/mol. The Labute approximate surface area is 142 Å². The monoisotopic (exact) mass is 377 g/mol. The van der Waals surface area contributed by atoms with Crippen molar-refractivity contribution in [1.82, 2.24) is 14.9 Å².